The van der Waals surface area contributed by atoms with Gasteiger partial charge in [-0.05, 0) is 37.5 Å². The Balaban J connectivity index is 1.58. The molecule has 1 aromatic heterocycles. The number of amides is 1. The summed E-state index contributed by atoms with van der Waals surface area (Å²) in [5.41, 5.74) is 3.16. The molecule has 0 bridgehead atoms. The van der Waals surface area contributed by atoms with E-state index in [4.69, 9.17) is 4.52 Å². The van der Waals surface area contributed by atoms with Crippen LogP contribution in [0.1, 0.15) is 49.7 Å². The maximum Gasteiger partial charge on any atom is 0.227 e. The number of nitrogens with zero attached hydrogens (tertiary/aromatic N) is 2. The third kappa shape index (κ3) is 3.62. The van der Waals surface area contributed by atoms with Crippen LogP contribution in [0.2, 0.25) is 0 Å². The van der Waals surface area contributed by atoms with Gasteiger partial charge in [-0.1, -0.05) is 24.2 Å². The first-order valence-electron chi connectivity index (χ1n) is 8.25. The maximum absolute atomic E-state index is 11.8. The number of anilines is 1. The summed E-state index contributed by atoms with van der Waals surface area (Å²) in [7, 11) is 0. The molecule has 0 spiro atoms. The standard InChI is InChI=1S/C18H23N3O2/c1-3-15-11-17(23-20-15)12-19-13(2)14-6-8-16(9-7-14)21-10-4-5-18(21)22/h6-9,11,13,19H,3-5,10,12H2,1-2H3. The lowest BCUT2D eigenvalue weighted by atomic mass is 10.1. The van der Waals surface area contributed by atoms with Gasteiger partial charge in [-0.3, -0.25) is 4.79 Å². The fourth-order valence-electron chi connectivity index (χ4n) is 2.84. The molecule has 2 aromatic rings. The second-order valence-corrected chi connectivity index (χ2v) is 5.98. The minimum absolute atomic E-state index is 0.202. The summed E-state index contributed by atoms with van der Waals surface area (Å²) in [5, 5.41) is 7.43. The van der Waals surface area contributed by atoms with Crippen molar-refractivity contribution in [1.82, 2.24) is 10.5 Å². The summed E-state index contributed by atoms with van der Waals surface area (Å²) in [4.78, 5) is 13.6. The van der Waals surface area contributed by atoms with Gasteiger partial charge < -0.3 is 14.7 Å². The van der Waals surface area contributed by atoms with Gasteiger partial charge in [0.05, 0.1) is 12.2 Å². The first kappa shape index (κ1) is 15.7. The van der Waals surface area contributed by atoms with Gasteiger partial charge in [0.15, 0.2) is 5.76 Å². The number of benzene rings is 1. The van der Waals surface area contributed by atoms with Gasteiger partial charge in [-0.25, -0.2) is 0 Å². The molecule has 1 aromatic carbocycles. The smallest absolute Gasteiger partial charge is 0.227 e. The molecule has 3 rings (SSSR count). The van der Waals surface area contributed by atoms with E-state index in [1.165, 1.54) is 5.56 Å². The van der Waals surface area contributed by atoms with Crippen LogP contribution in [0.25, 0.3) is 0 Å². The SMILES string of the molecule is CCc1cc(CNC(C)c2ccc(N3CCCC3=O)cc2)on1. The van der Waals surface area contributed by atoms with Crippen LogP contribution in [0.15, 0.2) is 34.9 Å². The lowest BCUT2D eigenvalue weighted by Gasteiger charge is -2.18. The van der Waals surface area contributed by atoms with Gasteiger partial charge in [-0.2, -0.15) is 0 Å². The fourth-order valence-corrected chi connectivity index (χ4v) is 2.84. The van der Waals surface area contributed by atoms with Crippen LogP contribution in [-0.2, 0) is 17.8 Å². The number of aromatic nitrogens is 1. The number of rotatable bonds is 6. The Labute approximate surface area is 136 Å². The van der Waals surface area contributed by atoms with Crippen molar-refractivity contribution in [2.24, 2.45) is 0 Å². The van der Waals surface area contributed by atoms with Gasteiger partial charge in [-0.15, -0.1) is 0 Å². The summed E-state index contributed by atoms with van der Waals surface area (Å²) in [6.07, 6.45) is 2.50. The van der Waals surface area contributed by atoms with E-state index in [2.05, 4.69) is 36.5 Å². The van der Waals surface area contributed by atoms with E-state index in [-0.39, 0.29) is 11.9 Å². The molecule has 1 N–H and O–H groups in total. The highest BCUT2D eigenvalue weighted by atomic mass is 16.5. The summed E-state index contributed by atoms with van der Waals surface area (Å²) < 4.78 is 5.28. The van der Waals surface area contributed by atoms with Crippen LogP contribution >= 0.6 is 0 Å². The van der Waals surface area contributed by atoms with E-state index in [9.17, 15) is 4.79 Å². The van der Waals surface area contributed by atoms with Crippen molar-refractivity contribution in [2.45, 2.75) is 45.7 Å². The molecule has 0 radical (unpaired) electrons. The average Bonchev–Trinajstić information content (AvgIpc) is 3.21. The summed E-state index contributed by atoms with van der Waals surface area (Å²) in [6.45, 7) is 5.66. The Hall–Kier alpha value is -2.14. The van der Waals surface area contributed by atoms with Gasteiger partial charge in [0.2, 0.25) is 5.91 Å². The van der Waals surface area contributed by atoms with Crippen LogP contribution < -0.4 is 10.2 Å². The highest BCUT2D eigenvalue weighted by molar-refractivity contribution is 5.95. The molecule has 1 amide bonds. The maximum atomic E-state index is 11.8. The van der Waals surface area contributed by atoms with Crippen molar-refractivity contribution in [3.8, 4) is 0 Å². The van der Waals surface area contributed by atoms with E-state index in [0.717, 1.165) is 36.5 Å². The lowest BCUT2D eigenvalue weighted by Crippen LogP contribution is -2.23. The van der Waals surface area contributed by atoms with Gasteiger partial charge in [0, 0.05) is 30.8 Å². The second kappa shape index (κ2) is 6.96. The molecule has 1 atom stereocenters. The van der Waals surface area contributed by atoms with Crippen LogP contribution in [0.4, 0.5) is 5.69 Å². The zero-order valence-electron chi connectivity index (χ0n) is 13.7. The predicted octanol–water partition coefficient (Wildman–Crippen LogP) is 3.21. The van der Waals surface area contributed by atoms with Crippen molar-refractivity contribution in [1.29, 1.82) is 0 Å². The van der Waals surface area contributed by atoms with Crippen molar-refractivity contribution in [3.63, 3.8) is 0 Å². The van der Waals surface area contributed by atoms with E-state index < -0.39 is 0 Å². The van der Waals surface area contributed by atoms with Gasteiger partial charge in [0.25, 0.3) is 0 Å². The number of carbonyl (C=O) groups excluding carboxylic acids is 1. The van der Waals surface area contributed by atoms with Gasteiger partial charge >= 0.3 is 0 Å². The highest BCUT2D eigenvalue weighted by Crippen LogP contribution is 2.23. The number of carbonyl (C=O) groups is 1. The second-order valence-electron chi connectivity index (χ2n) is 5.98. The Morgan fingerprint density at radius 1 is 1.35 bits per heavy atom. The summed E-state index contributed by atoms with van der Waals surface area (Å²) in [5.74, 6) is 1.08. The van der Waals surface area contributed by atoms with E-state index >= 15 is 0 Å². The minimum Gasteiger partial charge on any atom is -0.360 e. The fraction of sp³-hybridized carbons (Fsp3) is 0.444. The topological polar surface area (TPSA) is 58.4 Å². The largest absolute Gasteiger partial charge is 0.360 e. The third-order valence-electron chi connectivity index (χ3n) is 4.33. The Morgan fingerprint density at radius 3 is 2.74 bits per heavy atom. The molecule has 5 heteroatoms. The third-order valence-corrected chi connectivity index (χ3v) is 4.33. The lowest BCUT2D eigenvalue weighted by molar-refractivity contribution is -0.117. The van der Waals surface area contributed by atoms with Crippen LogP contribution in [0.3, 0.4) is 0 Å². The van der Waals surface area contributed by atoms with Crippen LogP contribution in [0, 0.1) is 0 Å². The normalized spacial score (nSPS) is 16.1. The van der Waals surface area contributed by atoms with E-state index in [1.54, 1.807) is 0 Å². The molecule has 1 aliphatic heterocycles. The number of hydrogen-bond acceptors (Lipinski definition) is 4. The summed E-state index contributed by atoms with van der Waals surface area (Å²) in [6, 6.07) is 10.4. The molecule has 1 saturated heterocycles. The number of aryl methyl sites for hydroxylation is 1. The molecule has 23 heavy (non-hydrogen) atoms. The molecule has 122 valence electrons. The van der Waals surface area contributed by atoms with Crippen molar-refractivity contribution in [3.05, 3.63) is 47.3 Å². The molecule has 1 aliphatic rings. The quantitative estimate of drug-likeness (QED) is 0.889. The minimum atomic E-state index is 0.202. The highest BCUT2D eigenvalue weighted by Gasteiger charge is 2.21. The zero-order chi connectivity index (χ0) is 16.2. The molecule has 1 unspecified atom stereocenters. The van der Waals surface area contributed by atoms with Gasteiger partial charge in [0.1, 0.15) is 0 Å². The Morgan fingerprint density at radius 2 is 2.13 bits per heavy atom. The molecule has 2 heterocycles. The zero-order valence-corrected chi connectivity index (χ0v) is 13.7. The first-order valence-corrected chi connectivity index (χ1v) is 8.25. The van der Waals surface area contributed by atoms with E-state index in [1.807, 2.05) is 23.1 Å². The molecule has 0 aliphatic carbocycles. The summed E-state index contributed by atoms with van der Waals surface area (Å²) >= 11 is 0. The molecular formula is C18H23N3O2. The van der Waals surface area contributed by atoms with Crippen molar-refractivity contribution < 1.29 is 9.32 Å². The average molecular weight is 313 g/mol. The molecule has 5 nitrogen and oxygen atoms in total. The Kier molecular flexibility index (Phi) is 4.76. The number of nitrogens with one attached hydrogen (secondary N) is 1. The van der Waals surface area contributed by atoms with Crippen LogP contribution in [0.5, 0.6) is 0 Å². The van der Waals surface area contributed by atoms with E-state index in [0.29, 0.717) is 13.0 Å². The monoisotopic (exact) mass is 313 g/mol. The number of hydrogen-bond donors (Lipinski definition) is 1. The van der Waals surface area contributed by atoms with Crippen LogP contribution in [-0.4, -0.2) is 17.6 Å². The Bertz CT molecular complexity index is 663. The molecular weight excluding hydrogens is 290 g/mol. The van der Waals surface area contributed by atoms with Crippen molar-refractivity contribution in [2.75, 3.05) is 11.4 Å². The molecule has 0 saturated carbocycles. The predicted molar refractivity (Wildman–Crippen MR) is 89.2 cm³/mol. The first-order chi connectivity index (χ1) is 11.2. The van der Waals surface area contributed by atoms with Crippen molar-refractivity contribution >= 4 is 11.6 Å². The molecule has 1 fully saturated rings.